The van der Waals surface area contributed by atoms with E-state index < -0.39 is 0 Å². The van der Waals surface area contributed by atoms with Gasteiger partial charge in [0.05, 0.1) is 7.11 Å². The normalized spacial score (nSPS) is 14.3. The molecule has 0 N–H and O–H groups in total. The van der Waals surface area contributed by atoms with E-state index in [2.05, 4.69) is 0 Å². The number of alkyl halides is 1. The van der Waals surface area contributed by atoms with E-state index in [1.165, 1.54) is 0 Å². The summed E-state index contributed by atoms with van der Waals surface area (Å²) in [7, 11) is 1.65. The third kappa shape index (κ3) is 3.39. The molecule has 1 aliphatic carbocycles. The second-order valence-electron chi connectivity index (χ2n) is 4.54. The van der Waals surface area contributed by atoms with Crippen LogP contribution < -0.4 is 4.74 Å². The lowest BCUT2D eigenvalue weighted by atomic mass is 10.2. The molecule has 0 unspecified atom stereocenters. The average Bonchev–Trinajstić information content (AvgIpc) is 3.21. The number of hydrogen-bond donors (Lipinski definition) is 0. The highest BCUT2D eigenvalue weighted by atomic mass is 35.5. The monoisotopic (exact) mass is 267 g/mol. The molecule has 0 atom stereocenters. The highest BCUT2D eigenvalue weighted by Gasteiger charge is 2.31. The smallest absolute Gasteiger partial charge is 0.224 e. The topological polar surface area (TPSA) is 29.5 Å². The van der Waals surface area contributed by atoms with Crippen LogP contribution in [0.25, 0.3) is 0 Å². The predicted octanol–water partition coefficient (Wildman–Crippen LogP) is 2.82. The Kier molecular flexibility index (Phi) is 4.48. The van der Waals surface area contributed by atoms with Gasteiger partial charge in [-0.1, -0.05) is 12.1 Å². The number of carbonyl (C=O) groups excluding carboxylic acids is 1. The molecular weight excluding hydrogens is 250 g/mol. The number of amides is 1. The molecular formula is C14H18ClNO2. The van der Waals surface area contributed by atoms with Gasteiger partial charge >= 0.3 is 0 Å². The summed E-state index contributed by atoms with van der Waals surface area (Å²) in [6.45, 7) is 0.671. The molecule has 4 heteroatoms. The van der Waals surface area contributed by atoms with E-state index in [4.69, 9.17) is 16.3 Å². The number of hydrogen-bond acceptors (Lipinski definition) is 2. The van der Waals surface area contributed by atoms with Crippen molar-refractivity contribution in [1.29, 1.82) is 0 Å². The molecule has 1 saturated carbocycles. The summed E-state index contributed by atoms with van der Waals surface area (Å²) >= 11 is 5.64. The zero-order valence-electron chi connectivity index (χ0n) is 10.6. The van der Waals surface area contributed by atoms with E-state index in [0.29, 0.717) is 24.9 Å². The van der Waals surface area contributed by atoms with Gasteiger partial charge in [-0.05, 0) is 30.5 Å². The molecule has 18 heavy (non-hydrogen) atoms. The van der Waals surface area contributed by atoms with Crippen LogP contribution in [0.1, 0.15) is 24.8 Å². The number of nitrogens with zero attached hydrogens (tertiary/aromatic N) is 1. The van der Waals surface area contributed by atoms with Gasteiger partial charge in [0.25, 0.3) is 0 Å². The first kappa shape index (κ1) is 13.2. The first-order chi connectivity index (χ1) is 8.74. The van der Waals surface area contributed by atoms with Gasteiger partial charge in [0.15, 0.2) is 0 Å². The number of halogens is 1. The van der Waals surface area contributed by atoms with E-state index in [1.807, 2.05) is 29.2 Å². The van der Waals surface area contributed by atoms with Crippen molar-refractivity contribution < 1.29 is 9.53 Å². The molecule has 1 fully saturated rings. The average molecular weight is 268 g/mol. The van der Waals surface area contributed by atoms with Crippen molar-refractivity contribution in [3.8, 4) is 5.75 Å². The van der Waals surface area contributed by atoms with Gasteiger partial charge in [-0.3, -0.25) is 4.79 Å². The van der Waals surface area contributed by atoms with Crippen LogP contribution in [-0.2, 0) is 11.3 Å². The Morgan fingerprint density at radius 1 is 1.39 bits per heavy atom. The molecule has 3 nitrogen and oxygen atoms in total. The lowest BCUT2D eigenvalue weighted by Crippen LogP contribution is -2.32. The molecule has 0 radical (unpaired) electrons. The van der Waals surface area contributed by atoms with Crippen molar-refractivity contribution in [3.63, 3.8) is 0 Å². The second kappa shape index (κ2) is 6.10. The van der Waals surface area contributed by atoms with Crippen molar-refractivity contribution in [2.75, 3.05) is 13.0 Å². The van der Waals surface area contributed by atoms with Crippen molar-refractivity contribution in [3.05, 3.63) is 29.8 Å². The quantitative estimate of drug-likeness (QED) is 0.742. The van der Waals surface area contributed by atoms with E-state index >= 15 is 0 Å². The summed E-state index contributed by atoms with van der Waals surface area (Å²) in [4.78, 5) is 13.9. The molecule has 0 bridgehead atoms. The van der Waals surface area contributed by atoms with Gasteiger partial charge in [0.2, 0.25) is 5.91 Å². The van der Waals surface area contributed by atoms with Crippen LogP contribution in [0.3, 0.4) is 0 Å². The SMILES string of the molecule is COc1ccc(CN(C(=O)CCCl)C2CC2)cc1. The number of ether oxygens (including phenoxy) is 1. The highest BCUT2D eigenvalue weighted by Crippen LogP contribution is 2.29. The van der Waals surface area contributed by atoms with Crippen LogP contribution in [0.15, 0.2) is 24.3 Å². The van der Waals surface area contributed by atoms with Crippen molar-refractivity contribution in [1.82, 2.24) is 4.90 Å². The van der Waals surface area contributed by atoms with E-state index in [9.17, 15) is 4.79 Å². The zero-order chi connectivity index (χ0) is 13.0. The number of methoxy groups -OCH3 is 1. The van der Waals surface area contributed by atoms with E-state index in [1.54, 1.807) is 7.11 Å². The van der Waals surface area contributed by atoms with Gasteiger partial charge < -0.3 is 9.64 Å². The maximum Gasteiger partial charge on any atom is 0.224 e. The third-order valence-electron chi connectivity index (χ3n) is 3.13. The van der Waals surface area contributed by atoms with Crippen LogP contribution in [0.2, 0.25) is 0 Å². The molecule has 1 amide bonds. The maximum atomic E-state index is 12.0. The largest absolute Gasteiger partial charge is 0.497 e. The Labute approximate surface area is 113 Å². The van der Waals surface area contributed by atoms with Gasteiger partial charge in [0, 0.05) is 24.9 Å². The molecule has 0 aromatic heterocycles. The molecule has 0 heterocycles. The molecule has 0 aliphatic heterocycles. The van der Waals surface area contributed by atoms with Crippen LogP contribution in [0.5, 0.6) is 5.75 Å². The number of carbonyl (C=O) groups is 1. The molecule has 0 spiro atoms. The van der Waals surface area contributed by atoms with Crippen LogP contribution in [-0.4, -0.2) is 29.8 Å². The first-order valence-electron chi connectivity index (χ1n) is 6.23. The van der Waals surface area contributed by atoms with Crippen LogP contribution >= 0.6 is 11.6 Å². The Hall–Kier alpha value is -1.22. The minimum atomic E-state index is 0.156. The summed E-state index contributed by atoms with van der Waals surface area (Å²) in [5, 5.41) is 0. The van der Waals surface area contributed by atoms with Gasteiger partial charge in [-0.25, -0.2) is 0 Å². The van der Waals surface area contributed by atoms with Gasteiger partial charge in [-0.15, -0.1) is 11.6 Å². The van der Waals surface area contributed by atoms with Gasteiger partial charge in [0.1, 0.15) is 5.75 Å². The molecule has 2 rings (SSSR count). The minimum absolute atomic E-state index is 0.156. The standard InChI is InChI=1S/C14H18ClNO2/c1-18-13-6-2-11(3-7-13)10-16(12-4-5-12)14(17)8-9-15/h2-3,6-7,12H,4-5,8-10H2,1H3. The summed E-state index contributed by atoms with van der Waals surface area (Å²) in [5.74, 6) is 1.39. The van der Waals surface area contributed by atoms with Crippen molar-refractivity contribution >= 4 is 17.5 Å². The first-order valence-corrected chi connectivity index (χ1v) is 6.76. The zero-order valence-corrected chi connectivity index (χ0v) is 11.3. The fraction of sp³-hybridized carbons (Fsp3) is 0.500. The number of benzene rings is 1. The fourth-order valence-corrected chi connectivity index (χ4v) is 2.12. The van der Waals surface area contributed by atoms with Gasteiger partial charge in [-0.2, -0.15) is 0 Å². The maximum absolute atomic E-state index is 12.0. The molecule has 98 valence electrons. The lowest BCUT2D eigenvalue weighted by molar-refractivity contribution is -0.132. The minimum Gasteiger partial charge on any atom is -0.497 e. The fourth-order valence-electron chi connectivity index (χ4n) is 1.96. The lowest BCUT2D eigenvalue weighted by Gasteiger charge is -2.22. The Balaban J connectivity index is 2.01. The Morgan fingerprint density at radius 3 is 2.56 bits per heavy atom. The van der Waals surface area contributed by atoms with E-state index in [-0.39, 0.29) is 5.91 Å². The third-order valence-corrected chi connectivity index (χ3v) is 3.32. The summed E-state index contributed by atoms with van der Waals surface area (Å²) in [5.41, 5.74) is 1.13. The Bertz CT molecular complexity index is 401. The molecule has 0 saturated heterocycles. The summed E-state index contributed by atoms with van der Waals surface area (Å²) in [6.07, 6.45) is 2.66. The summed E-state index contributed by atoms with van der Waals surface area (Å²) in [6, 6.07) is 8.27. The molecule has 1 aromatic rings. The number of rotatable bonds is 6. The van der Waals surface area contributed by atoms with Crippen LogP contribution in [0.4, 0.5) is 0 Å². The highest BCUT2D eigenvalue weighted by molar-refractivity contribution is 6.18. The second-order valence-corrected chi connectivity index (χ2v) is 4.92. The molecule has 1 aliphatic rings. The van der Waals surface area contributed by atoms with Crippen molar-refractivity contribution in [2.24, 2.45) is 0 Å². The van der Waals surface area contributed by atoms with Crippen LogP contribution in [0, 0.1) is 0 Å². The molecule has 1 aromatic carbocycles. The predicted molar refractivity (Wildman–Crippen MR) is 71.9 cm³/mol. The van der Waals surface area contributed by atoms with Crippen molar-refractivity contribution in [2.45, 2.75) is 31.8 Å². The Morgan fingerprint density at radius 2 is 2.06 bits per heavy atom. The summed E-state index contributed by atoms with van der Waals surface area (Å²) < 4.78 is 5.12. The van der Waals surface area contributed by atoms with E-state index in [0.717, 1.165) is 24.2 Å².